The number of nitrogens with zero attached hydrogens (tertiary/aromatic N) is 4. The van der Waals surface area contributed by atoms with Gasteiger partial charge < -0.3 is 35.9 Å². The molecule has 0 aliphatic carbocycles. The minimum absolute atomic E-state index is 0. The number of benzene rings is 2. The molecule has 0 aliphatic rings. The van der Waals surface area contributed by atoms with Crippen molar-refractivity contribution in [1.82, 2.24) is 30.6 Å². The maximum absolute atomic E-state index is 9.31. The largest absolute Gasteiger partial charge is 0.394 e. The molecule has 0 amide bonds. The Hall–Kier alpha value is -4.51. The van der Waals surface area contributed by atoms with E-state index in [1.807, 2.05) is 80.0 Å². The molecule has 4 heterocycles. The predicted molar refractivity (Wildman–Crippen MR) is 290 cm³/mol. The van der Waals surface area contributed by atoms with Gasteiger partial charge in [-0.3, -0.25) is 9.97 Å². The van der Waals surface area contributed by atoms with E-state index in [0.717, 1.165) is 58.1 Å². The molecule has 0 saturated heterocycles. The monoisotopic (exact) mass is 1140 g/mol. The Morgan fingerprint density at radius 3 is 1.42 bits per heavy atom. The number of aliphatic hydroxyl groups is 3. The first-order chi connectivity index (χ1) is 34.4. The van der Waals surface area contributed by atoms with Crippen LogP contribution in [0.5, 0.6) is 0 Å². The fraction of sp³-hybridized carbons (Fsp3) is 0.475. The van der Waals surface area contributed by atoms with E-state index in [-0.39, 0.29) is 39.9 Å². The maximum atomic E-state index is 9.31. The molecule has 10 heteroatoms. The van der Waals surface area contributed by atoms with Crippen molar-refractivity contribution in [2.45, 2.75) is 161 Å². The van der Waals surface area contributed by atoms with E-state index in [4.69, 9.17) is 0 Å². The summed E-state index contributed by atoms with van der Waals surface area (Å²) in [7, 11) is 0. The number of unbranched alkanes of at least 4 members (excludes halogenated alkanes) is 16. The van der Waals surface area contributed by atoms with Crippen LogP contribution in [0.2, 0.25) is 0 Å². The van der Waals surface area contributed by atoms with Crippen LogP contribution in [0.1, 0.15) is 152 Å². The van der Waals surface area contributed by atoms with E-state index >= 15 is 0 Å². The van der Waals surface area contributed by atoms with Gasteiger partial charge in [-0.1, -0.05) is 154 Å². The summed E-state index contributed by atoms with van der Waals surface area (Å²) in [5, 5.41) is 34.5. The summed E-state index contributed by atoms with van der Waals surface area (Å²) in [5.74, 6) is 0. The quantitative estimate of drug-likeness (QED) is 0.0213. The summed E-state index contributed by atoms with van der Waals surface area (Å²) in [6.45, 7) is 7.93. The number of rotatable bonds is 31. The summed E-state index contributed by atoms with van der Waals surface area (Å²) >= 11 is 0. The molecule has 1 radical (unpaired) electrons. The number of aliphatic hydroxyl groups excluding tert-OH is 3. The van der Waals surface area contributed by atoms with Crippen molar-refractivity contribution in [1.29, 1.82) is 0 Å². The third kappa shape index (κ3) is 25.1. The van der Waals surface area contributed by atoms with Gasteiger partial charge in [0.05, 0.1) is 36.7 Å². The van der Waals surface area contributed by atoms with Crippen LogP contribution in [0.15, 0.2) is 122 Å². The van der Waals surface area contributed by atoms with E-state index in [1.54, 1.807) is 12.4 Å². The van der Waals surface area contributed by atoms with Gasteiger partial charge in [0.15, 0.2) is 0 Å². The van der Waals surface area contributed by atoms with Gasteiger partial charge in [0.1, 0.15) is 0 Å². The molecular weight excluding hydrogens is 1060 g/mol. The molecule has 2 aromatic carbocycles. The van der Waals surface area contributed by atoms with E-state index < -0.39 is 5.54 Å². The zero-order valence-electron chi connectivity index (χ0n) is 43.2. The van der Waals surface area contributed by atoms with Gasteiger partial charge >= 0.3 is 0 Å². The SMILES string of the molecule is CCCCCCCCCCCCc1c[c-]c(-c2ccccn2)cc1.CCCCCCCCCCNCc1c[c-]c(-c2ccccn2)cc1.Cc1ccnc(-c2cc(CNC(CO)(CO)CO)ccn2)c1.[Ir]. The third-order valence-electron chi connectivity index (χ3n) is 12.6. The minimum atomic E-state index is -1.09. The summed E-state index contributed by atoms with van der Waals surface area (Å²) in [6, 6.07) is 39.2. The number of hydrogen-bond donors (Lipinski definition) is 5. The van der Waals surface area contributed by atoms with Crippen LogP contribution in [0.4, 0.5) is 0 Å². The smallest absolute Gasteiger partial charge is 0.0889 e. The Kier molecular flexibility index (Phi) is 32.7. The topological polar surface area (TPSA) is 136 Å². The molecular formula is C61H84IrN6O3-2. The summed E-state index contributed by atoms with van der Waals surface area (Å²) < 4.78 is 0. The fourth-order valence-electron chi connectivity index (χ4n) is 7.98. The van der Waals surface area contributed by atoms with Crippen LogP contribution in [0.25, 0.3) is 33.9 Å². The molecule has 0 aliphatic heterocycles. The van der Waals surface area contributed by atoms with Gasteiger partial charge in [-0.15, -0.1) is 70.8 Å². The van der Waals surface area contributed by atoms with Crippen molar-refractivity contribution >= 4 is 0 Å². The second kappa shape index (κ2) is 38.2. The molecule has 0 spiro atoms. The third-order valence-corrected chi connectivity index (χ3v) is 12.6. The predicted octanol–water partition coefficient (Wildman–Crippen LogP) is 13.0. The second-order valence-electron chi connectivity index (χ2n) is 18.6. The summed E-state index contributed by atoms with van der Waals surface area (Å²) in [6.07, 6.45) is 33.2. The second-order valence-corrected chi connectivity index (χ2v) is 18.6. The van der Waals surface area contributed by atoms with Gasteiger partial charge in [0.2, 0.25) is 0 Å². The molecule has 6 rings (SSSR count). The molecule has 6 aromatic rings. The van der Waals surface area contributed by atoms with Crippen molar-refractivity contribution in [2.24, 2.45) is 0 Å². The molecule has 4 aromatic heterocycles. The van der Waals surface area contributed by atoms with E-state index in [1.165, 1.54) is 133 Å². The van der Waals surface area contributed by atoms with Crippen molar-refractivity contribution < 1.29 is 35.4 Å². The first kappa shape index (κ1) is 60.8. The molecule has 0 bridgehead atoms. The summed E-state index contributed by atoms with van der Waals surface area (Å²) in [5.41, 5.74) is 9.30. The van der Waals surface area contributed by atoms with E-state index in [9.17, 15) is 15.3 Å². The van der Waals surface area contributed by atoms with Crippen molar-refractivity contribution in [2.75, 3.05) is 26.4 Å². The molecule has 0 unspecified atom stereocenters. The van der Waals surface area contributed by atoms with Crippen LogP contribution < -0.4 is 10.6 Å². The average molecular weight is 1140 g/mol. The Morgan fingerprint density at radius 1 is 0.465 bits per heavy atom. The fourth-order valence-corrected chi connectivity index (χ4v) is 7.98. The van der Waals surface area contributed by atoms with E-state index in [2.05, 4.69) is 92.9 Å². The van der Waals surface area contributed by atoms with Crippen LogP contribution in [-0.4, -0.2) is 67.2 Å². The first-order valence-corrected chi connectivity index (χ1v) is 26.4. The van der Waals surface area contributed by atoms with Crippen LogP contribution in [0, 0.1) is 19.1 Å². The molecule has 0 atom stereocenters. The van der Waals surface area contributed by atoms with Crippen molar-refractivity contribution in [3.63, 3.8) is 0 Å². The average Bonchev–Trinajstić information content (AvgIpc) is 3.41. The number of nitrogens with one attached hydrogen (secondary N) is 2. The van der Waals surface area contributed by atoms with Crippen LogP contribution in [-0.2, 0) is 39.6 Å². The van der Waals surface area contributed by atoms with Gasteiger partial charge in [0, 0.05) is 51.4 Å². The molecule has 71 heavy (non-hydrogen) atoms. The normalized spacial score (nSPS) is 11.0. The molecule has 387 valence electrons. The number of aryl methyl sites for hydroxylation is 2. The van der Waals surface area contributed by atoms with Gasteiger partial charge in [-0.2, -0.15) is 0 Å². The molecule has 9 nitrogen and oxygen atoms in total. The first-order valence-electron chi connectivity index (χ1n) is 26.4. The van der Waals surface area contributed by atoms with Crippen LogP contribution >= 0.6 is 0 Å². The maximum Gasteiger partial charge on any atom is 0.0889 e. The van der Waals surface area contributed by atoms with Crippen molar-refractivity contribution in [3.05, 3.63) is 156 Å². The molecule has 0 saturated carbocycles. The number of hydrogen-bond acceptors (Lipinski definition) is 9. The Labute approximate surface area is 441 Å². The molecule has 5 N–H and O–H groups in total. The Balaban J connectivity index is 0.000000280. The number of pyridine rings is 4. The zero-order valence-corrected chi connectivity index (χ0v) is 45.6. The standard InChI is InChI=1S/C23H32N.C22H31N2.C16H21N3O3.Ir/c1-2-3-4-5-6-7-8-9-10-11-14-21-16-18-22(19-17-21)23-15-12-13-20-24-23;1-2-3-4-5-6-7-8-10-17-23-19-20-13-15-21(16-14-20)22-12-9-11-18-24-22;1-12-2-4-17-14(6-12)15-7-13(3-5-18-15)8-19-16(9-20,10-21)11-22;/h12-13,15-18,20H,2-11,14H2,1H3;9,11-15,18,23H,2-8,10,17,19H2,1H3;2-7,19-22H,8-11H2,1H3;/q2*-1;;. The minimum Gasteiger partial charge on any atom is -0.394 e. The Bertz CT molecular complexity index is 2080. The van der Waals surface area contributed by atoms with Crippen LogP contribution in [0.3, 0.4) is 0 Å². The zero-order chi connectivity index (χ0) is 49.8. The van der Waals surface area contributed by atoms with Gasteiger partial charge in [-0.25, -0.2) is 0 Å². The Morgan fingerprint density at radius 2 is 0.944 bits per heavy atom. The van der Waals surface area contributed by atoms with Gasteiger partial charge in [-0.05, 0) is 85.3 Å². The molecule has 0 fully saturated rings. The van der Waals surface area contributed by atoms with Gasteiger partial charge in [0.25, 0.3) is 0 Å². The van der Waals surface area contributed by atoms with E-state index in [0.29, 0.717) is 6.54 Å². The summed E-state index contributed by atoms with van der Waals surface area (Å²) in [4.78, 5) is 17.4. The number of aromatic nitrogens is 4. The van der Waals surface area contributed by atoms with Crippen molar-refractivity contribution in [3.8, 4) is 33.9 Å².